The monoisotopic (exact) mass is 373 g/mol. The van der Waals surface area contributed by atoms with Crippen LogP contribution >= 0.6 is 24.0 Å². The van der Waals surface area contributed by atoms with Crippen molar-refractivity contribution >= 4 is 29.9 Å². The van der Waals surface area contributed by atoms with Gasteiger partial charge in [-0.15, -0.1) is 24.0 Å². The predicted octanol–water partition coefficient (Wildman–Crippen LogP) is 1.62. The van der Waals surface area contributed by atoms with Gasteiger partial charge in [0.25, 0.3) is 0 Å². The zero-order valence-electron chi connectivity index (χ0n) is 11.8. The number of guanidine groups is 1. The number of hydrogen-bond donors (Lipinski definition) is 2. The molecule has 0 radical (unpaired) electrons. The van der Waals surface area contributed by atoms with Crippen LogP contribution in [0.5, 0.6) is 0 Å². The number of unbranched alkanes of at least 4 members (excludes halogenated alkanes) is 1. The van der Waals surface area contributed by atoms with Gasteiger partial charge >= 0.3 is 0 Å². The SMILES string of the molecule is CCCCOCCOCCNC(=NC)NCC.I. The number of ether oxygens (including phenoxy) is 2. The first-order valence-corrected chi connectivity index (χ1v) is 6.45. The summed E-state index contributed by atoms with van der Waals surface area (Å²) in [5.74, 6) is 0.815. The van der Waals surface area contributed by atoms with E-state index >= 15 is 0 Å². The summed E-state index contributed by atoms with van der Waals surface area (Å²) in [4.78, 5) is 4.06. The fraction of sp³-hybridized carbons (Fsp3) is 0.917. The van der Waals surface area contributed by atoms with Crippen LogP contribution in [0.3, 0.4) is 0 Å². The molecule has 0 spiro atoms. The molecule has 18 heavy (non-hydrogen) atoms. The molecular formula is C12H28IN3O2. The molecule has 0 amide bonds. The standard InChI is InChI=1S/C12H27N3O2.HI/c1-4-6-8-16-10-11-17-9-7-15-12(13-3)14-5-2;/h4-11H2,1-3H3,(H2,13,14,15);1H. The van der Waals surface area contributed by atoms with E-state index in [0.717, 1.165) is 32.1 Å². The quantitative estimate of drug-likeness (QED) is 0.265. The third-order valence-electron chi connectivity index (χ3n) is 2.12. The first kappa shape index (κ1) is 20.2. The minimum absolute atomic E-state index is 0. The fourth-order valence-electron chi connectivity index (χ4n) is 1.20. The molecule has 0 aliphatic carbocycles. The molecule has 0 rings (SSSR count). The molecule has 5 nitrogen and oxygen atoms in total. The van der Waals surface area contributed by atoms with Crippen LogP contribution in [0.2, 0.25) is 0 Å². The number of aliphatic imine (C=N–C) groups is 1. The minimum Gasteiger partial charge on any atom is -0.379 e. The third kappa shape index (κ3) is 14.0. The average molecular weight is 373 g/mol. The van der Waals surface area contributed by atoms with Gasteiger partial charge in [-0.3, -0.25) is 4.99 Å². The second-order valence-corrected chi connectivity index (χ2v) is 3.61. The van der Waals surface area contributed by atoms with Gasteiger partial charge in [-0.05, 0) is 13.3 Å². The Bertz CT molecular complexity index is 192. The highest BCUT2D eigenvalue weighted by Gasteiger charge is 1.94. The van der Waals surface area contributed by atoms with Crippen molar-refractivity contribution < 1.29 is 9.47 Å². The number of halogens is 1. The Morgan fingerprint density at radius 3 is 2.22 bits per heavy atom. The van der Waals surface area contributed by atoms with Crippen molar-refractivity contribution in [1.29, 1.82) is 0 Å². The second kappa shape index (κ2) is 16.9. The molecule has 0 saturated heterocycles. The van der Waals surface area contributed by atoms with Crippen molar-refractivity contribution in [3.05, 3.63) is 0 Å². The zero-order chi connectivity index (χ0) is 12.8. The van der Waals surface area contributed by atoms with Gasteiger partial charge in [0.1, 0.15) is 0 Å². The number of rotatable bonds is 10. The van der Waals surface area contributed by atoms with E-state index in [2.05, 4.69) is 22.5 Å². The van der Waals surface area contributed by atoms with E-state index in [1.54, 1.807) is 7.05 Å². The lowest BCUT2D eigenvalue weighted by molar-refractivity contribution is 0.0487. The van der Waals surface area contributed by atoms with Crippen molar-refractivity contribution in [3.63, 3.8) is 0 Å². The van der Waals surface area contributed by atoms with Crippen LogP contribution in [0.25, 0.3) is 0 Å². The zero-order valence-corrected chi connectivity index (χ0v) is 14.2. The molecule has 6 heteroatoms. The normalized spacial score (nSPS) is 10.9. The van der Waals surface area contributed by atoms with E-state index in [-0.39, 0.29) is 24.0 Å². The third-order valence-corrected chi connectivity index (χ3v) is 2.12. The lowest BCUT2D eigenvalue weighted by Crippen LogP contribution is -2.38. The van der Waals surface area contributed by atoms with Crippen molar-refractivity contribution in [1.82, 2.24) is 10.6 Å². The Morgan fingerprint density at radius 1 is 1.00 bits per heavy atom. The maximum atomic E-state index is 5.42. The molecule has 0 fully saturated rings. The van der Waals surface area contributed by atoms with E-state index in [4.69, 9.17) is 9.47 Å². The first-order valence-electron chi connectivity index (χ1n) is 6.45. The fourth-order valence-corrected chi connectivity index (χ4v) is 1.20. The van der Waals surface area contributed by atoms with E-state index in [9.17, 15) is 0 Å². The van der Waals surface area contributed by atoms with Crippen molar-refractivity contribution in [2.45, 2.75) is 26.7 Å². The summed E-state index contributed by atoms with van der Waals surface area (Å²) in [6.45, 7) is 8.67. The summed E-state index contributed by atoms with van der Waals surface area (Å²) in [5, 5.41) is 6.27. The Labute approximate surface area is 128 Å². The Balaban J connectivity index is 0. The van der Waals surface area contributed by atoms with Gasteiger partial charge in [-0.2, -0.15) is 0 Å². The molecule has 0 saturated carbocycles. The maximum absolute atomic E-state index is 5.42. The van der Waals surface area contributed by atoms with Gasteiger partial charge in [0.2, 0.25) is 0 Å². The Kier molecular flexibility index (Phi) is 19.0. The van der Waals surface area contributed by atoms with Gasteiger partial charge in [-0.1, -0.05) is 13.3 Å². The van der Waals surface area contributed by atoms with E-state index < -0.39 is 0 Å². The summed E-state index contributed by atoms with van der Waals surface area (Å²) in [5.41, 5.74) is 0. The molecule has 0 aromatic rings. The summed E-state index contributed by atoms with van der Waals surface area (Å²) in [6, 6.07) is 0. The molecule has 0 aromatic heterocycles. The number of hydrogen-bond acceptors (Lipinski definition) is 3. The summed E-state index contributed by atoms with van der Waals surface area (Å²) >= 11 is 0. The number of nitrogens with one attached hydrogen (secondary N) is 2. The van der Waals surface area contributed by atoms with Crippen molar-refractivity contribution in [2.24, 2.45) is 4.99 Å². The van der Waals surface area contributed by atoms with E-state index in [0.29, 0.717) is 19.8 Å². The van der Waals surface area contributed by atoms with E-state index in [1.165, 1.54) is 6.42 Å². The van der Waals surface area contributed by atoms with Crippen molar-refractivity contribution in [3.8, 4) is 0 Å². The van der Waals surface area contributed by atoms with Crippen LogP contribution in [0, 0.1) is 0 Å². The molecule has 0 bridgehead atoms. The molecule has 2 N–H and O–H groups in total. The van der Waals surface area contributed by atoms with Crippen LogP contribution in [0.1, 0.15) is 26.7 Å². The van der Waals surface area contributed by atoms with Crippen molar-refractivity contribution in [2.75, 3.05) is 46.6 Å². The average Bonchev–Trinajstić information content (AvgIpc) is 2.35. The highest BCUT2D eigenvalue weighted by Crippen LogP contribution is 1.87. The molecule has 0 aliphatic rings. The lowest BCUT2D eigenvalue weighted by Gasteiger charge is -2.10. The highest BCUT2D eigenvalue weighted by atomic mass is 127. The molecule has 0 aliphatic heterocycles. The van der Waals surface area contributed by atoms with Crippen LogP contribution < -0.4 is 10.6 Å². The predicted molar refractivity (Wildman–Crippen MR) is 87.0 cm³/mol. The minimum atomic E-state index is 0. The molecular weight excluding hydrogens is 345 g/mol. The Hall–Kier alpha value is -0.0800. The van der Waals surface area contributed by atoms with E-state index in [1.807, 2.05) is 6.92 Å². The Morgan fingerprint density at radius 2 is 1.67 bits per heavy atom. The first-order chi connectivity index (χ1) is 8.35. The topological polar surface area (TPSA) is 54.9 Å². The number of nitrogens with zero attached hydrogens (tertiary/aromatic N) is 1. The van der Waals surface area contributed by atoms with Gasteiger partial charge in [0.15, 0.2) is 5.96 Å². The van der Waals surface area contributed by atoms with Gasteiger partial charge in [-0.25, -0.2) is 0 Å². The highest BCUT2D eigenvalue weighted by molar-refractivity contribution is 14.0. The van der Waals surface area contributed by atoms with Crippen LogP contribution in [0.15, 0.2) is 4.99 Å². The molecule has 0 unspecified atom stereocenters. The summed E-state index contributed by atoms with van der Waals surface area (Å²) in [6.07, 6.45) is 2.30. The summed E-state index contributed by atoms with van der Waals surface area (Å²) in [7, 11) is 1.76. The summed E-state index contributed by atoms with van der Waals surface area (Å²) < 4.78 is 10.8. The van der Waals surface area contributed by atoms with Crippen LogP contribution in [-0.2, 0) is 9.47 Å². The molecule has 0 atom stereocenters. The van der Waals surface area contributed by atoms with Gasteiger partial charge in [0.05, 0.1) is 19.8 Å². The lowest BCUT2D eigenvalue weighted by atomic mass is 10.4. The molecule has 0 heterocycles. The van der Waals surface area contributed by atoms with Crippen LogP contribution in [0.4, 0.5) is 0 Å². The maximum Gasteiger partial charge on any atom is 0.191 e. The second-order valence-electron chi connectivity index (χ2n) is 3.61. The molecule has 110 valence electrons. The van der Waals surface area contributed by atoms with Gasteiger partial charge in [0, 0.05) is 26.7 Å². The molecule has 0 aromatic carbocycles. The van der Waals surface area contributed by atoms with Gasteiger partial charge < -0.3 is 20.1 Å². The largest absolute Gasteiger partial charge is 0.379 e. The van der Waals surface area contributed by atoms with Crippen LogP contribution in [-0.4, -0.2) is 52.5 Å². The smallest absolute Gasteiger partial charge is 0.191 e.